The summed E-state index contributed by atoms with van der Waals surface area (Å²) in [5.74, 6) is 2.19. The minimum atomic E-state index is -4.64. The summed E-state index contributed by atoms with van der Waals surface area (Å²) in [7, 11) is -1.32. The molecule has 4 heterocycles. The highest BCUT2D eigenvalue weighted by atomic mass is 35.5. The predicted octanol–water partition coefficient (Wildman–Crippen LogP) is 6.61. The molecule has 2 aliphatic heterocycles. The number of thiophene rings is 1. The van der Waals surface area contributed by atoms with Gasteiger partial charge >= 0.3 is 6.18 Å². The first kappa shape index (κ1) is 26.0. The fraction of sp³-hybridized carbons (Fsp3) is 0.417. The van der Waals surface area contributed by atoms with Crippen LogP contribution in [0.15, 0.2) is 29.3 Å². The van der Waals surface area contributed by atoms with Gasteiger partial charge in [-0.15, -0.1) is 11.3 Å². The van der Waals surface area contributed by atoms with Gasteiger partial charge in [0.15, 0.2) is 0 Å². The summed E-state index contributed by atoms with van der Waals surface area (Å²) in [5.41, 5.74) is 1.63. The number of nitrogens with one attached hydrogen (secondary N) is 2. The van der Waals surface area contributed by atoms with Crippen molar-refractivity contribution < 1.29 is 17.4 Å². The first-order chi connectivity index (χ1) is 17.2. The molecule has 5 rings (SSSR count). The Bertz CT molecular complexity index is 1310. The van der Waals surface area contributed by atoms with Crippen LogP contribution in [0.4, 0.5) is 24.8 Å². The van der Waals surface area contributed by atoms with E-state index in [-0.39, 0.29) is 17.6 Å². The molecule has 2 N–H and O–H groups in total. The second-order valence-corrected chi connectivity index (χ2v) is 12.8. The minimum absolute atomic E-state index is 0.0250. The number of thioether (sulfide) groups is 1. The average molecular weight is 573 g/mol. The van der Waals surface area contributed by atoms with Crippen molar-refractivity contribution in [2.75, 3.05) is 29.6 Å². The highest BCUT2D eigenvalue weighted by molar-refractivity contribution is 7.99. The molecule has 5 nitrogen and oxygen atoms in total. The van der Waals surface area contributed by atoms with Gasteiger partial charge in [-0.05, 0) is 72.6 Å². The van der Waals surface area contributed by atoms with Gasteiger partial charge in [-0.25, -0.2) is 9.97 Å². The summed E-state index contributed by atoms with van der Waals surface area (Å²) in [5, 5.41) is 6.75. The van der Waals surface area contributed by atoms with E-state index in [0.29, 0.717) is 20.5 Å². The summed E-state index contributed by atoms with van der Waals surface area (Å²) < 4.78 is 54.5. The van der Waals surface area contributed by atoms with E-state index < -0.39 is 22.5 Å². The summed E-state index contributed by atoms with van der Waals surface area (Å²) >= 11 is 9.58. The van der Waals surface area contributed by atoms with Crippen molar-refractivity contribution >= 4 is 57.1 Å². The second kappa shape index (κ2) is 10.6. The van der Waals surface area contributed by atoms with Crippen molar-refractivity contribution in [1.29, 1.82) is 0 Å². The molecule has 3 aromatic rings. The first-order valence-corrected chi connectivity index (χ1v) is 15.4. The molecule has 2 aromatic heterocycles. The molecule has 0 amide bonds. The number of hydrogen-bond donors (Lipinski definition) is 2. The number of halogens is 4. The second-order valence-electron chi connectivity index (χ2n) is 8.79. The van der Waals surface area contributed by atoms with Crippen LogP contribution >= 0.6 is 34.7 Å². The van der Waals surface area contributed by atoms with Gasteiger partial charge in [-0.1, -0.05) is 11.6 Å². The lowest BCUT2D eigenvalue weighted by Crippen LogP contribution is -2.23. The normalized spacial score (nSPS) is 17.6. The van der Waals surface area contributed by atoms with Crippen LogP contribution in [-0.4, -0.2) is 38.5 Å². The number of fused-ring (bicyclic) bond motifs is 1. The van der Waals surface area contributed by atoms with E-state index >= 15 is 0 Å². The third kappa shape index (κ3) is 5.45. The standard InChI is InChI=1S/C24H24ClF3N4OS3/c1-36(33)20-10-19(35-22(20)13-3-6-34-7-4-13)21-16(24(26,27)28)12-30-23(32-21)31-18-9-14-2-5-29-11-15(14)8-17(18)25/h8-10,12-13,29H,2-7,11H2,1H3,(H,30,31,32). The third-order valence-electron chi connectivity index (χ3n) is 6.38. The molecule has 0 aliphatic carbocycles. The Labute approximate surface area is 223 Å². The molecule has 0 spiro atoms. The molecule has 192 valence electrons. The van der Waals surface area contributed by atoms with E-state index in [4.69, 9.17) is 11.6 Å². The molecule has 1 unspecified atom stereocenters. The Hall–Kier alpha value is -1.66. The van der Waals surface area contributed by atoms with Crippen molar-refractivity contribution in [2.24, 2.45) is 0 Å². The molecule has 1 atom stereocenters. The van der Waals surface area contributed by atoms with Crippen LogP contribution in [0.25, 0.3) is 10.6 Å². The van der Waals surface area contributed by atoms with Gasteiger partial charge in [0.05, 0.1) is 37.0 Å². The fourth-order valence-corrected chi connectivity index (χ4v) is 8.38. The lowest BCUT2D eigenvalue weighted by Gasteiger charge is -2.21. The van der Waals surface area contributed by atoms with Gasteiger partial charge in [-0.2, -0.15) is 24.9 Å². The molecule has 1 aromatic carbocycles. The van der Waals surface area contributed by atoms with E-state index in [0.717, 1.165) is 66.1 Å². The zero-order valence-corrected chi connectivity index (χ0v) is 22.6. The number of benzene rings is 1. The van der Waals surface area contributed by atoms with E-state index in [9.17, 15) is 17.4 Å². The van der Waals surface area contributed by atoms with E-state index in [1.165, 1.54) is 11.3 Å². The van der Waals surface area contributed by atoms with E-state index in [1.54, 1.807) is 12.3 Å². The maximum absolute atomic E-state index is 14.0. The molecule has 0 radical (unpaired) electrons. The first-order valence-electron chi connectivity index (χ1n) is 11.5. The minimum Gasteiger partial charge on any atom is -0.323 e. The highest BCUT2D eigenvalue weighted by Gasteiger charge is 2.37. The summed E-state index contributed by atoms with van der Waals surface area (Å²) in [6, 6.07) is 5.37. The quantitative estimate of drug-likeness (QED) is 0.358. The number of hydrogen-bond acceptors (Lipinski definition) is 7. The maximum atomic E-state index is 14.0. The molecule has 36 heavy (non-hydrogen) atoms. The largest absolute Gasteiger partial charge is 0.420 e. The van der Waals surface area contributed by atoms with E-state index in [2.05, 4.69) is 20.6 Å². The molecule has 1 saturated heterocycles. The number of rotatable bonds is 5. The molecule has 1 fully saturated rings. The molecule has 0 saturated carbocycles. The average Bonchev–Trinajstić information content (AvgIpc) is 3.30. The third-order valence-corrected chi connectivity index (χ3v) is 10.1. The van der Waals surface area contributed by atoms with Gasteiger partial charge in [0.1, 0.15) is 5.56 Å². The zero-order valence-electron chi connectivity index (χ0n) is 19.4. The van der Waals surface area contributed by atoms with Crippen LogP contribution in [0, 0.1) is 0 Å². The van der Waals surface area contributed by atoms with Crippen LogP contribution in [0.1, 0.15) is 40.3 Å². The highest BCUT2D eigenvalue weighted by Crippen LogP contribution is 2.45. The number of anilines is 2. The topological polar surface area (TPSA) is 66.9 Å². The Balaban J connectivity index is 1.56. The van der Waals surface area contributed by atoms with Crippen molar-refractivity contribution in [3.8, 4) is 10.6 Å². The van der Waals surface area contributed by atoms with Crippen LogP contribution in [0.5, 0.6) is 0 Å². The van der Waals surface area contributed by atoms with Crippen molar-refractivity contribution in [3.63, 3.8) is 0 Å². The van der Waals surface area contributed by atoms with Gasteiger partial charge in [0, 0.05) is 23.9 Å². The van der Waals surface area contributed by atoms with Crippen LogP contribution in [0.2, 0.25) is 5.02 Å². The Morgan fingerprint density at radius 1 is 1.19 bits per heavy atom. The van der Waals surface area contributed by atoms with Crippen molar-refractivity contribution in [2.45, 2.75) is 42.8 Å². The lowest BCUT2D eigenvalue weighted by molar-refractivity contribution is -0.137. The number of nitrogens with zero attached hydrogens (tertiary/aromatic N) is 2. The Morgan fingerprint density at radius 2 is 1.97 bits per heavy atom. The Kier molecular flexibility index (Phi) is 7.65. The van der Waals surface area contributed by atoms with Crippen LogP contribution < -0.4 is 10.6 Å². The van der Waals surface area contributed by atoms with Gasteiger partial charge in [0.2, 0.25) is 5.95 Å². The van der Waals surface area contributed by atoms with Crippen LogP contribution in [-0.2, 0) is 29.9 Å². The Morgan fingerprint density at radius 3 is 2.69 bits per heavy atom. The lowest BCUT2D eigenvalue weighted by atomic mass is 10.0. The maximum Gasteiger partial charge on any atom is 0.420 e. The monoisotopic (exact) mass is 572 g/mol. The zero-order chi connectivity index (χ0) is 25.4. The molecule has 0 bridgehead atoms. The summed E-state index contributed by atoms with van der Waals surface area (Å²) in [4.78, 5) is 10.1. The number of aromatic nitrogens is 2. The SMILES string of the molecule is CS(=O)c1cc(-c2nc(Nc3cc4c(cc3Cl)CNCC4)ncc2C(F)(F)F)sc1C1CCSCC1. The predicted molar refractivity (Wildman–Crippen MR) is 142 cm³/mol. The van der Waals surface area contributed by atoms with Gasteiger partial charge in [-0.3, -0.25) is 4.21 Å². The fourth-order valence-electron chi connectivity index (χ4n) is 4.53. The van der Waals surface area contributed by atoms with Crippen molar-refractivity contribution in [1.82, 2.24) is 15.3 Å². The summed E-state index contributed by atoms with van der Waals surface area (Å²) in [6.45, 7) is 1.56. The molecule has 2 aliphatic rings. The molecule has 12 heteroatoms. The molecular formula is C24H24ClF3N4OS3. The van der Waals surface area contributed by atoms with Gasteiger partial charge < -0.3 is 10.6 Å². The molecular weight excluding hydrogens is 549 g/mol. The number of alkyl halides is 3. The summed E-state index contributed by atoms with van der Waals surface area (Å²) in [6.07, 6.45) is 0.405. The van der Waals surface area contributed by atoms with Crippen LogP contribution in [0.3, 0.4) is 0 Å². The van der Waals surface area contributed by atoms with Crippen molar-refractivity contribution in [3.05, 3.63) is 51.0 Å². The van der Waals surface area contributed by atoms with Gasteiger partial charge in [0.25, 0.3) is 0 Å². The van der Waals surface area contributed by atoms with E-state index in [1.807, 2.05) is 23.9 Å². The smallest absolute Gasteiger partial charge is 0.323 e.